The quantitative estimate of drug-likeness (QED) is 0.499. The lowest BCUT2D eigenvalue weighted by Crippen LogP contribution is -2.42. The molecule has 0 amide bonds. The normalized spacial score (nSPS) is 17.6. The summed E-state index contributed by atoms with van der Waals surface area (Å²) in [6, 6.07) is 0. The molecule has 1 rings (SSSR count). The van der Waals surface area contributed by atoms with E-state index in [1.165, 1.54) is 0 Å². The van der Waals surface area contributed by atoms with Crippen molar-refractivity contribution >= 4 is 21.0 Å². The largest absolute Gasteiger partial charge is 0.360 e. The number of piperidine rings is 1. The maximum absolute atomic E-state index is 13.4. The van der Waals surface area contributed by atoms with Crippen LogP contribution in [0.15, 0.2) is 0 Å². The first-order valence-electron chi connectivity index (χ1n) is 8.40. The van der Waals surface area contributed by atoms with Crippen molar-refractivity contribution in [2.24, 2.45) is 0 Å². The first-order chi connectivity index (χ1) is 11.4. The Morgan fingerprint density at radius 2 is 1.17 bits per heavy atom. The molecule has 1 aliphatic heterocycles. The number of ketones is 1. The summed E-state index contributed by atoms with van der Waals surface area (Å²) in [6.45, 7) is 7.94. The van der Waals surface area contributed by atoms with Crippen LogP contribution in [0.5, 0.6) is 0 Å². The van der Waals surface area contributed by atoms with Crippen molar-refractivity contribution in [3.05, 3.63) is 0 Å². The van der Waals surface area contributed by atoms with Crippen LogP contribution in [0.4, 0.5) is 0 Å². The first-order valence-corrected chi connectivity index (χ1v) is 11.6. The second-order valence-electron chi connectivity index (χ2n) is 5.17. The third-order valence-corrected chi connectivity index (χ3v) is 9.44. The lowest BCUT2D eigenvalue weighted by Gasteiger charge is -2.39. The van der Waals surface area contributed by atoms with E-state index in [2.05, 4.69) is 0 Å². The van der Waals surface area contributed by atoms with Crippen molar-refractivity contribution in [2.45, 2.75) is 46.1 Å². The van der Waals surface area contributed by atoms with E-state index >= 15 is 0 Å². The van der Waals surface area contributed by atoms with Gasteiger partial charge in [0.1, 0.15) is 5.78 Å². The van der Waals surface area contributed by atoms with Crippen LogP contribution in [0.2, 0.25) is 0 Å². The Morgan fingerprint density at radius 1 is 0.833 bits per heavy atom. The number of carbonyl (C=O) groups excluding carboxylic acids is 1. The van der Waals surface area contributed by atoms with Gasteiger partial charge in [0.05, 0.1) is 26.4 Å². The molecular weight excluding hydrogens is 356 g/mol. The molecule has 1 saturated heterocycles. The summed E-state index contributed by atoms with van der Waals surface area (Å²) in [5, 5.41) is 0. The molecule has 0 aliphatic carbocycles. The fourth-order valence-corrected chi connectivity index (χ4v) is 8.21. The fraction of sp³-hybridized carbons (Fsp3) is 0.929. The van der Waals surface area contributed by atoms with Crippen molar-refractivity contribution in [3.8, 4) is 0 Å². The zero-order valence-electron chi connectivity index (χ0n) is 14.9. The minimum absolute atomic E-state index is 0.121. The molecular formula is C14H29NO7P2. The SMILES string of the molecule is CCOP(=O)(OCC)C(N1CCC(=O)CC1)P(=O)(OCC)OCC. The van der Waals surface area contributed by atoms with Crippen LogP contribution in [0.1, 0.15) is 40.5 Å². The molecule has 142 valence electrons. The Balaban J connectivity index is 3.29. The summed E-state index contributed by atoms with van der Waals surface area (Å²) < 4.78 is 48.5. The lowest BCUT2D eigenvalue weighted by atomic mass is 10.1. The molecule has 1 fully saturated rings. The van der Waals surface area contributed by atoms with E-state index in [0.29, 0.717) is 25.9 Å². The predicted octanol–water partition coefficient (Wildman–Crippen LogP) is 3.47. The zero-order valence-corrected chi connectivity index (χ0v) is 16.7. The van der Waals surface area contributed by atoms with Gasteiger partial charge in [0.25, 0.3) is 0 Å². The maximum Gasteiger partial charge on any atom is 0.360 e. The van der Waals surface area contributed by atoms with Gasteiger partial charge in [-0.15, -0.1) is 0 Å². The maximum atomic E-state index is 13.4. The molecule has 24 heavy (non-hydrogen) atoms. The number of nitrogens with zero attached hydrogens (tertiary/aromatic N) is 1. The van der Waals surface area contributed by atoms with Gasteiger partial charge < -0.3 is 18.1 Å². The van der Waals surface area contributed by atoms with E-state index in [9.17, 15) is 13.9 Å². The van der Waals surface area contributed by atoms with Gasteiger partial charge in [-0.1, -0.05) is 0 Å². The van der Waals surface area contributed by atoms with E-state index in [0.717, 1.165) is 0 Å². The highest BCUT2D eigenvalue weighted by molar-refractivity contribution is 7.72. The van der Waals surface area contributed by atoms with E-state index in [-0.39, 0.29) is 32.2 Å². The Kier molecular flexibility index (Phi) is 9.31. The van der Waals surface area contributed by atoms with Gasteiger partial charge in [0, 0.05) is 25.9 Å². The highest BCUT2D eigenvalue weighted by atomic mass is 31.2. The summed E-state index contributed by atoms with van der Waals surface area (Å²) in [5.74, 6) is 0.121. The van der Waals surface area contributed by atoms with Gasteiger partial charge in [-0.05, 0) is 27.7 Å². The third kappa shape index (κ3) is 5.46. The van der Waals surface area contributed by atoms with Gasteiger partial charge >= 0.3 is 15.2 Å². The fourth-order valence-electron chi connectivity index (χ4n) is 2.64. The first kappa shape index (κ1) is 22.0. The molecule has 1 heterocycles. The topological polar surface area (TPSA) is 91.4 Å². The molecule has 0 N–H and O–H groups in total. The monoisotopic (exact) mass is 385 g/mol. The van der Waals surface area contributed by atoms with Gasteiger partial charge in [-0.3, -0.25) is 18.8 Å². The van der Waals surface area contributed by atoms with Crippen LogP contribution in [-0.2, 0) is 32.0 Å². The smallest absolute Gasteiger partial charge is 0.307 e. The van der Waals surface area contributed by atoms with E-state index in [1.807, 2.05) is 0 Å². The van der Waals surface area contributed by atoms with Crippen molar-refractivity contribution in [1.82, 2.24) is 4.90 Å². The Bertz CT molecular complexity index is 440. The molecule has 0 unspecified atom stereocenters. The average molecular weight is 385 g/mol. The highest BCUT2D eigenvalue weighted by Gasteiger charge is 2.54. The number of hydrogen-bond donors (Lipinski definition) is 0. The molecule has 10 heteroatoms. The minimum Gasteiger partial charge on any atom is -0.307 e. The van der Waals surface area contributed by atoms with Crippen molar-refractivity contribution in [1.29, 1.82) is 0 Å². The van der Waals surface area contributed by atoms with Gasteiger partial charge in [0.2, 0.25) is 5.52 Å². The molecule has 0 aromatic heterocycles. The predicted molar refractivity (Wildman–Crippen MR) is 91.3 cm³/mol. The second-order valence-corrected chi connectivity index (χ2v) is 9.75. The Hall–Kier alpha value is -0.0700. The summed E-state index contributed by atoms with van der Waals surface area (Å²) in [5.41, 5.74) is -1.17. The summed E-state index contributed by atoms with van der Waals surface area (Å²) >= 11 is 0. The minimum atomic E-state index is -3.80. The van der Waals surface area contributed by atoms with E-state index < -0.39 is 20.7 Å². The molecule has 1 aliphatic rings. The van der Waals surface area contributed by atoms with Crippen molar-refractivity contribution < 1.29 is 32.0 Å². The summed E-state index contributed by atoms with van der Waals surface area (Å²) in [4.78, 5) is 13.2. The van der Waals surface area contributed by atoms with Gasteiger partial charge in [-0.25, -0.2) is 0 Å². The Labute approximate surface area is 144 Å². The molecule has 0 saturated carbocycles. The molecule has 0 spiro atoms. The highest BCUT2D eigenvalue weighted by Crippen LogP contribution is 2.71. The number of hydrogen-bond acceptors (Lipinski definition) is 8. The third-order valence-electron chi connectivity index (χ3n) is 3.48. The van der Waals surface area contributed by atoms with Gasteiger partial charge in [0.15, 0.2) is 0 Å². The van der Waals surface area contributed by atoms with Crippen LogP contribution in [-0.4, -0.2) is 55.7 Å². The number of likely N-dealkylation sites (tertiary alicyclic amines) is 1. The van der Waals surface area contributed by atoms with Crippen LogP contribution < -0.4 is 0 Å². The van der Waals surface area contributed by atoms with Crippen LogP contribution in [0, 0.1) is 0 Å². The zero-order chi connectivity index (χ0) is 18.2. The lowest BCUT2D eigenvalue weighted by molar-refractivity contribution is -0.121. The summed E-state index contributed by atoms with van der Waals surface area (Å²) in [7, 11) is -7.59. The molecule has 0 atom stereocenters. The molecule has 0 radical (unpaired) electrons. The molecule has 0 aromatic carbocycles. The van der Waals surface area contributed by atoms with Crippen molar-refractivity contribution in [3.63, 3.8) is 0 Å². The Morgan fingerprint density at radius 3 is 1.46 bits per heavy atom. The van der Waals surface area contributed by atoms with E-state index in [1.54, 1.807) is 32.6 Å². The van der Waals surface area contributed by atoms with Crippen LogP contribution in [0.3, 0.4) is 0 Å². The van der Waals surface area contributed by atoms with Crippen LogP contribution >= 0.6 is 15.2 Å². The molecule has 8 nitrogen and oxygen atoms in total. The average Bonchev–Trinajstić information content (AvgIpc) is 2.50. The van der Waals surface area contributed by atoms with Gasteiger partial charge in [-0.2, -0.15) is 0 Å². The van der Waals surface area contributed by atoms with E-state index in [4.69, 9.17) is 18.1 Å². The second kappa shape index (κ2) is 10.2. The standard InChI is InChI=1S/C14H29NO7P2/c1-5-19-23(17,20-6-2)14(15-11-9-13(16)10-12-15)24(18,21-7-3)22-8-4/h14H,5-12H2,1-4H3. The molecule has 0 bridgehead atoms. The van der Waals surface area contributed by atoms with Crippen molar-refractivity contribution in [2.75, 3.05) is 39.5 Å². The number of carbonyl (C=O) groups is 1. The van der Waals surface area contributed by atoms with Crippen LogP contribution in [0.25, 0.3) is 0 Å². The molecule has 0 aromatic rings. The number of rotatable bonds is 11. The summed E-state index contributed by atoms with van der Waals surface area (Å²) in [6.07, 6.45) is 0.597. The number of Topliss-reactive ketones (excluding diaryl/α,β-unsaturated/α-hetero) is 1.